The molecule has 0 spiro atoms. The fourth-order valence-electron chi connectivity index (χ4n) is 3.02. The van der Waals surface area contributed by atoms with Gasteiger partial charge >= 0.3 is 6.18 Å². The van der Waals surface area contributed by atoms with E-state index in [1.807, 2.05) is 36.4 Å². The lowest BCUT2D eigenvalue weighted by molar-refractivity contribution is -0.137. The number of benzene rings is 2. The molecule has 3 N–H and O–H groups in total. The number of carbonyl (C=O) groups excluding carboxylic acids is 1. The predicted molar refractivity (Wildman–Crippen MR) is 103 cm³/mol. The molecule has 2 aromatic rings. The Morgan fingerprint density at radius 2 is 1.97 bits per heavy atom. The topological polar surface area (TPSA) is 77.0 Å². The third kappa shape index (κ3) is 4.95. The van der Waals surface area contributed by atoms with Crippen LogP contribution in [-0.4, -0.2) is 12.5 Å². The average molecular weight is 421 g/mol. The number of amides is 1. The fourth-order valence-corrected chi connectivity index (χ4v) is 3.19. The van der Waals surface area contributed by atoms with Gasteiger partial charge in [-0.2, -0.15) is 18.4 Å². The number of carbonyl (C=O) groups is 1. The van der Waals surface area contributed by atoms with Crippen molar-refractivity contribution in [3.8, 4) is 6.07 Å². The van der Waals surface area contributed by atoms with E-state index in [0.29, 0.717) is 6.54 Å². The highest BCUT2D eigenvalue weighted by Crippen LogP contribution is 2.34. The van der Waals surface area contributed by atoms with Crippen molar-refractivity contribution >= 4 is 23.2 Å². The molecule has 1 amide bonds. The molecule has 9 heteroatoms. The summed E-state index contributed by atoms with van der Waals surface area (Å²) in [7, 11) is 0. The van der Waals surface area contributed by atoms with Crippen LogP contribution in [0.2, 0.25) is 5.02 Å². The van der Waals surface area contributed by atoms with Crippen molar-refractivity contribution in [1.29, 1.82) is 5.26 Å². The number of hydrogen-bond donors (Lipinski definition) is 3. The third-order valence-corrected chi connectivity index (χ3v) is 4.80. The molecule has 5 nitrogen and oxygen atoms in total. The number of halogens is 4. The molecule has 1 aliphatic heterocycles. The van der Waals surface area contributed by atoms with Gasteiger partial charge < -0.3 is 5.32 Å². The van der Waals surface area contributed by atoms with Gasteiger partial charge in [-0.1, -0.05) is 48.0 Å². The van der Waals surface area contributed by atoms with Crippen LogP contribution in [0.25, 0.3) is 0 Å². The van der Waals surface area contributed by atoms with Gasteiger partial charge in [0.2, 0.25) is 0 Å². The average Bonchev–Trinajstić information content (AvgIpc) is 3.15. The van der Waals surface area contributed by atoms with Crippen LogP contribution in [-0.2, 0) is 11.0 Å². The van der Waals surface area contributed by atoms with Gasteiger partial charge in [-0.05, 0) is 23.8 Å². The molecule has 2 atom stereocenters. The number of nitrogens with zero attached hydrogens (tertiary/aromatic N) is 1. The molecule has 0 saturated carbocycles. The van der Waals surface area contributed by atoms with E-state index in [0.717, 1.165) is 23.8 Å². The SMILES string of the molecule is N#C/C(=C/C1CNNC1c1ccccc1)C(=O)Nc1cc(C(F)(F)F)ccc1Cl. The number of hydrogen-bond acceptors (Lipinski definition) is 4. The molecule has 1 aliphatic rings. The van der Waals surface area contributed by atoms with Crippen LogP contribution in [0.15, 0.2) is 60.2 Å². The van der Waals surface area contributed by atoms with E-state index in [-0.39, 0.29) is 28.2 Å². The highest BCUT2D eigenvalue weighted by Gasteiger charge is 2.31. The zero-order valence-electron chi connectivity index (χ0n) is 14.9. The molecule has 150 valence electrons. The number of nitrogens with one attached hydrogen (secondary N) is 3. The van der Waals surface area contributed by atoms with Gasteiger partial charge in [-0.3, -0.25) is 10.2 Å². The van der Waals surface area contributed by atoms with Crippen LogP contribution in [0.5, 0.6) is 0 Å². The first-order valence-electron chi connectivity index (χ1n) is 8.63. The van der Waals surface area contributed by atoms with E-state index >= 15 is 0 Å². The van der Waals surface area contributed by atoms with E-state index in [2.05, 4.69) is 16.2 Å². The summed E-state index contributed by atoms with van der Waals surface area (Å²) in [4.78, 5) is 12.5. The van der Waals surface area contributed by atoms with E-state index < -0.39 is 17.6 Å². The number of rotatable bonds is 4. The normalized spacial score (nSPS) is 19.6. The van der Waals surface area contributed by atoms with Crippen LogP contribution < -0.4 is 16.2 Å². The van der Waals surface area contributed by atoms with Crippen LogP contribution in [0.3, 0.4) is 0 Å². The molecule has 0 bridgehead atoms. The Morgan fingerprint density at radius 1 is 1.24 bits per heavy atom. The first-order chi connectivity index (χ1) is 13.8. The van der Waals surface area contributed by atoms with Crippen molar-refractivity contribution in [1.82, 2.24) is 10.9 Å². The highest BCUT2D eigenvalue weighted by atomic mass is 35.5. The lowest BCUT2D eigenvalue weighted by Crippen LogP contribution is -2.24. The number of anilines is 1. The second kappa shape index (κ2) is 8.66. The van der Waals surface area contributed by atoms with Crippen LogP contribution in [0, 0.1) is 17.2 Å². The monoisotopic (exact) mass is 420 g/mol. The summed E-state index contributed by atoms with van der Waals surface area (Å²) in [5, 5.41) is 11.7. The summed E-state index contributed by atoms with van der Waals surface area (Å²) in [6.07, 6.45) is -3.08. The maximum Gasteiger partial charge on any atom is 0.416 e. The first-order valence-corrected chi connectivity index (χ1v) is 9.00. The van der Waals surface area contributed by atoms with Gasteiger partial charge in [0.1, 0.15) is 11.6 Å². The molecule has 2 aromatic carbocycles. The van der Waals surface area contributed by atoms with E-state index in [4.69, 9.17) is 11.6 Å². The Kier molecular flexibility index (Phi) is 6.23. The lowest BCUT2D eigenvalue weighted by Gasteiger charge is -2.16. The summed E-state index contributed by atoms with van der Waals surface area (Å²) in [6.45, 7) is 0.475. The maximum atomic E-state index is 12.9. The Balaban J connectivity index is 1.82. The summed E-state index contributed by atoms with van der Waals surface area (Å²) in [5.41, 5.74) is 5.68. The van der Waals surface area contributed by atoms with Crippen LogP contribution in [0.1, 0.15) is 17.2 Å². The minimum atomic E-state index is -4.58. The molecular formula is C20H16ClF3N4O. The second-order valence-corrected chi connectivity index (χ2v) is 6.82. The molecule has 0 aromatic heterocycles. The molecule has 1 heterocycles. The van der Waals surface area contributed by atoms with Crippen molar-refractivity contribution < 1.29 is 18.0 Å². The van der Waals surface area contributed by atoms with Crippen molar-refractivity contribution in [2.24, 2.45) is 5.92 Å². The maximum absolute atomic E-state index is 12.9. The van der Waals surface area contributed by atoms with Crippen molar-refractivity contribution in [3.05, 3.63) is 76.3 Å². The summed E-state index contributed by atoms with van der Waals surface area (Å²) < 4.78 is 38.7. The summed E-state index contributed by atoms with van der Waals surface area (Å²) >= 11 is 5.91. The second-order valence-electron chi connectivity index (χ2n) is 6.42. The van der Waals surface area contributed by atoms with Gasteiger partial charge in [0.05, 0.1) is 22.3 Å². The molecule has 1 fully saturated rings. The Hall–Kier alpha value is -2.86. The molecule has 2 unspecified atom stereocenters. The smallest absolute Gasteiger partial charge is 0.320 e. The van der Waals surface area contributed by atoms with Gasteiger partial charge in [0, 0.05) is 12.5 Å². The Morgan fingerprint density at radius 3 is 2.62 bits per heavy atom. The summed E-state index contributed by atoms with van der Waals surface area (Å²) in [6, 6.07) is 13.7. The summed E-state index contributed by atoms with van der Waals surface area (Å²) in [5.74, 6) is -1.04. The van der Waals surface area contributed by atoms with E-state index in [9.17, 15) is 23.2 Å². The zero-order chi connectivity index (χ0) is 21.0. The van der Waals surface area contributed by atoms with E-state index in [1.54, 1.807) is 0 Å². The minimum absolute atomic E-state index is 0.0602. The standard InChI is InChI=1S/C20H16ClF3N4O/c21-16-7-6-15(20(22,23)24)9-17(16)27-19(29)13(10-25)8-14-11-26-28-18(14)12-4-2-1-3-5-12/h1-9,14,18,26,28H,11H2,(H,27,29)/b13-8-. The number of alkyl halides is 3. The third-order valence-electron chi connectivity index (χ3n) is 4.47. The van der Waals surface area contributed by atoms with Gasteiger partial charge in [0.25, 0.3) is 5.91 Å². The lowest BCUT2D eigenvalue weighted by atomic mass is 9.93. The largest absolute Gasteiger partial charge is 0.416 e. The number of nitriles is 1. The van der Waals surface area contributed by atoms with Gasteiger partial charge in [-0.25, -0.2) is 5.43 Å². The van der Waals surface area contributed by atoms with Crippen molar-refractivity contribution in [3.63, 3.8) is 0 Å². The highest BCUT2D eigenvalue weighted by molar-refractivity contribution is 6.34. The van der Waals surface area contributed by atoms with Gasteiger partial charge in [0.15, 0.2) is 0 Å². The Bertz CT molecular complexity index is 970. The first kappa shape index (κ1) is 20.9. The molecule has 3 rings (SSSR count). The van der Waals surface area contributed by atoms with Gasteiger partial charge in [-0.15, -0.1) is 0 Å². The quantitative estimate of drug-likeness (QED) is 0.511. The van der Waals surface area contributed by atoms with Crippen LogP contribution >= 0.6 is 11.6 Å². The zero-order valence-corrected chi connectivity index (χ0v) is 15.7. The molecule has 0 aliphatic carbocycles. The molecule has 0 radical (unpaired) electrons. The Labute approximate surface area is 170 Å². The van der Waals surface area contributed by atoms with E-state index in [1.165, 1.54) is 6.08 Å². The predicted octanol–water partition coefficient (Wildman–Crippen LogP) is 4.21. The van der Waals surface area contributed by atoms with Crippen LogP contribution in [0.4, 0.5) is 18.9 Å². The molecular weight excluding hydrogens is 405 g/mol. The van der Waals surface area contributed by atoms with Crippen molar-refractivity contribution in [2.75, 3.05) is 11.9 Å². The van der Waals surface area contributed by atoms with Crippen molar-refractivity contribution in [2.45, 2.75) is 12.2 Å². The number of hydrazine groups is 1. The minimum Gasteiger partial charge on any atom is -0.320 e. The fraction of sp³-hybridized carbons (Fsp3) is 0.200. The molecule has 29 heavy (non-hydrogen) atoms. The molecule has 1 saturated heterocycles.